The van der Waals surface area contributed by atoms with E-state index in [9.17, 15) is 0 Å². The van der Waals surface area contributed by atoms with Crippen LogP contribution in [0.1, 0.15) is 28.1 Å². The van der Waals surface area contributed by atoms with Crippen LogP contribution in [0, 0.1) is 20.8 Å². The quantitative estimate of drug-likeness (QED) is 0.599. The Morgan fingerprint density at radius 2 is 1.67 bits per heavy atom. The summed E-state index contributed by atoms with van der Waals surface area (Å²) in [7, 11) is 0. The molecule has 0 aliphatic heterocycles. The average Bonchev–Trinajstić information content (AvgIpc) is 3.02. The van der Waals surface area contributed by atoms with Crippen molar-refractivity contribution >= 4 is 11.8 Å². The van der Waals surface area contributed by atoms with Crippen LogP contribution < -0.4 is 4.74 Å². The summed E-state index contributed by atoms with van der Waals surface area (Å²) in [6.07, 6.45) is 0. The highest BCUT2D eigenvalue weighted by Gasteiger charge is 2.10. The molecule has 4 nitrogen and oxygen atoms in total. The molecule has 0 bridgehead atoms. The summed E-state index contributed by atoms with van der Waals surface area (Å²) >= 11 is 1.53. The lowest BCUT2D eigenvalue weighted by Crippen LogP contribution is -1.99. The Kier molecular flexibility index (Phi) is 5.20. The Balaban J connectivity index is 1.56. The van der Waals surface area contributed by atoms with Gasteiger partial charge in [0.25, 0.3) is 11.1 Å². The van der Waals surface area contributed by atoms with E-state index in [1.807, 2.05) is 32.0 Å². The maximum Gasteiger partial charge on any atom is 0.277 e. The van der Waals surface area contributed by atoms with Gasteiger partial charge in [-0.3, -0.25) is 0 Å². The number of nitrogens with zero attached hydrogens (tertiary/aromatic N) is 2. The van der Waals surface area contributed by atoms with Crippen molar-refractivity contribution in [1.82, 2.24) is 10.2 Å². The highest BCUT2D eigenvalue weighted by Crippen LogP contribution is 2.25. The predicted molar refractivity (Wildman–Crippen MR) is 95.3 cm³/mol. The monoisotopic (exact) mass is 340 g/mol. The zero-order chi connectivity index (χ0) is 16.9. The van der Waals surface area contributed by atoms with Crippen molar-refractivity contribution in [2.75, 3.05) is 0 Å². The molecule has 3 aromatic rings. The molecule has 2 aromatic carbocycles. The van der Waals surface area contributed by atoms with Crippen molar-refractivity contribution in [3.8, 4) is 5.75 Å². The molecule has 0 saturated carbocycles. The summed E-state index contributed by atoms with van der Waals surface area (Å²) in [4.78, 5) is 0. The number of para-hydroxylation sites is 1. The lowest BCUT2D eigenvalue weighted by molar-refractivity contribution is 0.249. The molecule has 24 heavy (non-hydrogen) atoms. The number of ether oxygens (including phenoxy) is 1. The molecule has 1 heterocycles. The van der Waals surface area contributed by atoms with Gasteiger partial charge in [-0.2, -0.15) is 0 Å². The van der Waals surface area contributed by atoms with Gasteiger partial charge in [-0.15, -0.1) is 10.2 Å². The summed E-state index contributed by atoms with van der Waals surface area (Å²) in [5.41, 5.74) is 4.69. The smallest absolute Gasteiger partial charge is 0.277 e. The van der Waals surface area contributed by atoms with Gasteiger partial charge >= 0.3 is 0 Å². The second kappa shape index (κ2) is 7.53. The van der Waals surface area contributed by atoms with Gasteiger partial charge in [0.15, 0.2) is 6.61 Å². The largest absolute Gasteiger partial charge is 0.483 e. The molecule has 1 aromatic heterocycles. The van der Waals surface area contributed by atoms with E-state index in [0.29, 0.717) is 11.1 Å². The average molecular weight is 340 g/mol. The minimum Gasteiger partial charge on any atom is -0.483 e. The molecule has 0 saturated heterocycles. The Labute approximate surface area is 146 Å². The SMILES string of the molecule is Cc1ccc(CSc2nnc(COc3c(C)cccc3C)o2)cc1. The fraction of sp³-hybridized carbons (Fsp3) is 0.263. The van der Waals surface area contributed by atoms with Gasteiger partial charge in [0, 0.05) is 5.75 Å². The summed E-state index contributed by atoms with van der Waals surface area (Å²) in [6.45, 7) is 6.42. The Morgan fingerprint density at radius 1 is 0.958 bits per heavy atom. The number of aromatic nitrogens is 2. The maximum atomic E-state index is 5.84. The molecule has 0 radical (unpaired) electrons. The summed E-state index contributed by atoms with van der Waals surface area (Å²) < 4.78 is 11.5. The Morgan fingerprint density at radius 3 is 2.38 bits per heavy atom. The highest BCUT2D eigenvalue weighted by atomic mass is 32.2. The molecular formula is C19H20N2O2S. The van der Waals surface area contributed by atoms with Crippen LogP contribution in [0.2, 0.25) is 0 Å². The fourth-order valence-corrected chi connectivity index (χ4v) is 3.08. The van der Waals surface area contributed by atoms with Crippen molar-refractivity contribution in [3.05, 3.63) is 70.6 Å². The highest BCUT2D eigenvalue weighted by molar-refractivity contribution is 7.98. The lowest BCUT2D eigenvalue weighted by Gasteiger charge is -2.09. The topological polar surface area (TPSA) is 48.2 Å². The van der Waals surface area contributed by atoms with Crippen molar-refractivity contribution in [2.45, 2.75) is 38.4 Å². The zero-order valence-electron chi connectivity index (χ0n) is 14.1. The number of hydrogen-bond acceptors (Lipinski definition) is 5. The first-order chi connectivity index (χ1) is 11.6. The first-order valence-corrected chi connectivity index (χ1v) is 8.80. The number of hydrogen-bond donors (Lipinski definition) is 0. The van der Waals surface area contributed by atoms with E-state index in [4.69, 9.17) is 9.15 Å². The minimum absolute atomic E-state index is 0.282. The summed E-state index contributed by atoms with van der Waals surface area (Å²) in [6, 6.07) is 14.5. The second-order valence-corrected chi connectivity index (χ2v) is 6.67. The van der Waals surface area contributed by atoms with Gasteiger partial charge in [0.2, 0.25) is 0 Å². The van der Waals surface area contributed by atoms with Gasteiger partial charge in [0.1, 0.15) is 5.75 Å². The molecule has 0 unspecified atom stereocenters. The van der Waals surface area contributed by atoms with Crippen LogP contribution >= 0.6 is 11.8 Å². The minimum atomic E-state index is 0.282. The second-order valence-electron chi connectivity index (χ2n) is 5.75. The van der Waals surface area contributed by atoms with Crippen LogP contribution in [0.5, 0.6) is 5.75 Å². The van der Waals surface area contributed by atoms with Crippen LogP contribution in [0.25, 0.3) is 0 Å². The predicted octanol–water partition coefficient (Wildman–Crippen LogP) is 4.87. The number of benzene rings is 2. The summed E-state index contributed by atoms with van der Waals surface area (Å²) in [5, 5.41) is 8.69. The van der Waals surface area contributed by atoms with Crippen LogP contribution in [-0.2, 0) is 12.4 Å². The first-order valence-electron chi connectivity index (χ1n) is 7.81. The number of rotatable bonds is 6. The van der Waals surface area contributed by atoms with Crippen molar-refractivity contribution in [3.63, 3.8) is 0 Å². The third-order valence-electron chi connectivity index (χ3n) is 3.68. The normalized spacial score (nSPS) is 10.8. The molecule has 0 amide bonds. The Hall–Kier alpha value is -2.27. The third-order valence-corrected chi connectivity index (χ3v) is 4.57. The number of aryl methyl sites for hydroxylation is 3. The molecule has 3 rings (SSSR count). The molecule has 124 valence electrons. The van der Waals surface area contributed by atoms with E-state index < -0.39 is 0 Å². The van der Waals surface area contributed by atoms with E-state index in [0.717, 1.165) is 22.6 Å². The van der Waals surface area contributed by atoms with E-state index in [2.05, 4.69) is 41.4 Å². The van der Waals surface area contributed by atoms with E-state index >= 15 is 0 Å². The molecular weight excluding hydrogens is 320 g/mol. The molecule has 0 N–H and O–H groups in total. The van der Waals surface area contributed by atoms with Gasteiger partial charge < -0.3 is 9.15 Å². The summed E-state index contributed by atoms with van der Waals surface area (Å²) in [5.74, 6) is 2.17. The van der Waals surface area contributed by atoms with Gasteiger partial charge in [-0.05, 0) is 37.5 Å². The molecule has 0 fully saturated rings. The zero-order valence-corrected chi connectivity index (χ0v) is 14.9. The van der Waals surface area contributed by atoms with Gasteiger partial charge in [0.05, 0.1) is 0 Å². The number of thioether (sulfide) groups is 1. The van der Waals surface area contributed by atoms with Crippen LogP contribution in [0.3, 0.4) is 0 Å². The fourth-order valence-electron chi connectivity index (χ4n) is 2.34. The van der Waals surface area contributed by atoms with Crippen molar-refractivity contribution in [1.29, 1.82) is 0 Å². The van der Waals surface area contributed by atoms with E-state index in [-0.39, 0.29) is 6.61 Å². The van der Waals surface area contributed by atoms with Crippen molar-refractivity contribution < 1.29 is 9.15 Å². The lowest BCUT2D eigenvalue weighted by atomic mass is 10.1. The standard InChI is InChI=1S/C19H20N2O2S/c1-13-7-9-16(10-8-13)12-24-19-21-20-17(23-19)11-22-18-14(2)5-4-6-15(18)3/h4-10H,11-12H2,1-3H3. The van der Waals surface area contributed by atoms with E-state index in [1.54, 1.807) is 0 Å². The Bertz CT molecular complexity index is 792. The van der Waals surface area contributed by atoms with Gasteiger partial charge in [-0.25, -0.2) is 0 Å². The van der Waals surface area contributed by atoms with Gasteiger partial charge in [-0.1, -0.05) is 59.8 Å². The van der Waals surface area contributed by atoms with Crippen LogP contribution in [-0.4, -0.2) is 10.2 Å². The molecule has 0 aliphatic carbocycles. The third kappa shape index (κ3) is 4.17. The van der Waals surface area contributed by atoms with Crippen molar-refractivity contribution in [2.24, 2.45) is 0 Å². The van der Waals surface area contributed by atoms with Crippen LogP contribution in [0.4, 0.5) is 0 Å². The van der Waals surface area contributed by atoms with E-state index in [1.165, 1.54) is 22.9 Å². The molecule has 0 spiro atoms. The maximum absolute atomic E-state index is 5.84. The van der Waals surface area contributed by atoms with Crippen LogP contribution in [0.15, 0.2) is 52.1 Å². The molecule has 0 aliphatic rings. The molecule has 5 heteroatoms. The molecule has 0 atom stereocenters. The first kappa shape index (κ1) is 16.6.